The molecule has 2 heterocycles. The number of pyridine rings is 1. The van der Waals surface area contributed by atoms with Crippen LogP contribution in [0.2, 0.25) is 18.1 Å². The van der Waals surface area contributed by atoms with Crippen molar-refractivity contribution >= 4 is 43.3 Å². The zero-order valence-electron chi connectivity index (χ0n) is 33.6. The molecule has 2 aliphatic rings. The van der Waals surface area contributed by atoms with Gasteiger partial charge in [0.05, 0.1) is 23.2 Å². The third-order valence-electron chi connectivity index (χ3n) is 9.79. The number of alkyl halides is 3. The molecule has 56 heavy (non-hydrogen) atoms. The van der Waals surface area contributed by atoms with Gasteiger partial charge in [0.25, 0.3) is 0 Å². The number of nitrogens with one attached hydrogen (secondary N) is 2. The first-order valence-corrected chi connectivity index (χ1v) is 21.2. The van der Waals surface area contributed by atoms with E-state index in [1.165, 1.54) is 18.1 Å². The fourth-order valence-corrected chi connectivity index (χ4v) is 8.18. The van der Waals surface area contributed by atoms with Crippen LogP contribution in [0.1, 0.15) is 90.9 Å². The van der Waals surface area contributed by atoms with Gasteiger partial charge in [-0.2, -0.15) is 18.3 Å². The molecule has 2 unspecified atom stereocenters. The number of benzene rings is 1. The van der Waals surface area contributed by atoms with Gasteiger partial charge >= 0.3 is 18.2 Å². The van der Waals surface area contributed by atoms with E-state index in [2.05, 4.69) is 56.1 Å². The van der Waals surface area contributed by atoms with Crippen LogP contribution in [-0.4, -0.2) is 66.6 Å². The van der Waals surface area contributed by atoms with Crippen LogP contribution >= 0.6 is 11.6 Å². The molecule has 304 valence electrons. The number of allylic oxidation sites excluding steroid dienone is 2. The lowest BCUT2D eigenvalue weighted by Gasteiger charge is -2.40. The van der Waals surface area contributed by atoms with Gasteiger partial charge in [0.15, 0.2) is 8.32 Å². The second kappa shape index (κ2) is 15.6. The zero-order chi connectivity index (χ0) is 42.4. The van der Waals surface area contributed by atoms with Crippen molar-refractivity contribution in [2.24, 2.45) is 10.5 Å². The molecule has 2 amide bonds. The molecule has 1 aliphatic heterocycles. The van der Waals surface area contributed by atoms with Crippen LogP contribution in [0, 0.1) is 28.9 Å². The smallest absolute Gasteiger partial charge is 0.444 e. The number of amides is 2. The molecule has 0 fully saturated rings. The number of amidine groups is 1. The Balaban J connectivity index is 1.93. The summed E-state index contributed by atoms with van der Waals surface area (Å²) < 4.78 is 81.5. The topological polar surface area (TPSA) is 105 Å². The quantitative estimate of drug-likeness (QED) is 0.164. The van der Waals surface area contributed by atoms with Crippen molar-refractivity contribution in [3.8, 4) is 11.8 Å². The van der Waals surface area contributed by atoms with Gasteiger partial charge in [0, 0.05) is 23.7 Å². The number of nitrogens with zero attached hydrogens (tertiary/aromatic N) is 3. The van der Waals surface area contributed by atoms with Crippen molar-refractivity contribution in [2.45, 2.75) is 116 Å². The molecule has 0 spiro atoms. The Morgan fingerprint density at radius 3 is 2.18 bits per heavy atom. The van der Waals surface area contributed by atoms with Gasteiger partial charge in [0.2, 0.25) is 0 Å². The number of carbonyl (C=O) groups is 2. The number of hydrogen-bond donors (Lipinski definition) is 2. The maximum Gasteiger partial charge on any atom is 0.471 e. The summed E-state index contributed by atoms with van der Waals surface area (Å²) in [6.07, 6.45) is -3.09. The largest absolute Gasteiger partial charge is 0.471 e. The van der Waals surface area contributed by atoms with E-state index in [1.54, 1.807) is 45.9 Å². The minimum absolute atomic E-state index is 0.0939. The van der Waals surface area contributed by atoms with E-state index < -0.39 is 66.8 Å². The average molecular weight is 822 g/mol. The van der Waals surface area contributed by atoms with Crippen LogP contribution in [0.5, 0.6) is 0 Å². The highest BCUT2D eigenvalue weighted by Crippen LogP contribution is 2.50. The minimum atomic E-state index is -5.20. The van der Waals surface area contributed by atoms with Gasteiger partial charge in [0.1, 0.15) is 34.4 Å². The summed E-state index contributed by atoms with van der Waals surface area (Å²) in [5.41, 5.74) is -1.84. The first-order chi connectivity index (χ1) is 25.4. The lowest BCUT2D eigenvalue weighted by molar-refractivity contribution is -0.172. The van der Waals surface area contributed by atoms with Gasteiger partial charge in [-0.3, -0.25) is 9.80 Å². The van der Waals surface area contributed by atoms with E-state index in [1.807, 2.05) is 19.2 Å². The fraction of sp³-hybridized carbons (Fsp3) is 0.500. The first-order valence-electron chi connectivity index (χ1n) is 17.9. The molecule has 1 aromatic carbocycles. The zero-order valence-corrected chi connectivity index (χ0v) is 35.4. The minimum Gasteiger partial charge on any atom is -0.444 e. The maximum absolute atomic E-state index is 14.5. The average Bonchev–Trinajstić information content (AvgIpc) is 3.27. The lowest BCUT2D eigenvalue weighted by atomic mass is 9.72. The van der Waals surface area contributed by atoms with Crippen LogP contribution in [0.15, 0.2) is 52.6 Å². The number of halogens is 6. The van der Waals surface area contributed by atoms with Crippen LogP contribution in [0.4, 0.5) is 26.7 Å². The van der Waals surface area contributed by atoms with Crippen LogP contribution in [0.25, 0.3) is 5.57 Å². The number of likely N-dealkylation sites (N-methyl/N-ethyl adjacent to an activating group) is 1. The number of aromatic nitrogens is 1. The summed E-state index contributed by atoms with van der Waals surface area (Å²) in [4.78, 5) is 30.5. The second-order valence-corrected chi connectivity index (χ2v) is 22.3. The van der Waals surface area contributed by atoms with Crippen LogP contribution in [-0.2, 0) is 20.4 Å². The van der Waals surface area contributed by atoms with Gasteiger partial charge < -0.3 is 19.8 Å². The number of ether oxygens (including phenoxy) is 1. The highest BCUT2D eigenvalue weighted by molar-refractivity contribution is 6.74. The number of hydrazone groups is 1. The van der Waals surface area contributed by atoms with E-state index in [-0.39, 0.29) is 39.3 Å². The SMILES string of the molecule is CN1N=C(NC(=O)C(F)(F)F)C2(C)C(Cl)=CC=C(c3ccc(C#CC(C)(C)O[Si](C)(C)C(C)(C)C)nc3[C@H](Cc3cc(F)cc(F)c3)NC(=O)OC(C)(C)C)C12. The Bertz CT molecular complexity index is 2020. The standard InChI is InChI=1S/C40H49ClF5N5O4Si/c1-36(2,3)54-35(53)48-29(21-23-19-24(42)22-25(43)20-23)31-27(14-13-26(47-31)17-18-38(7,8)55-56(11,12)37(4,5)6)28-15-16-30(41)39(9)32(28)51(10)50-33(39)49-34(52)40(44,45)46/h13-16,19-20,22,29,32H,21H2,1-12H3,(H,48,53)(H,49,50,52)/t29-,32?,39?/m0/s1. The predicted octanol–water partition coefficient (Wildman–Crippen LogP) is 9.15. The van der Waals surface area contributed by atoms with Gasteiger partial charge in [-0.05, 0) is 113 Å². The molecule has 0 saturated heterocycles. The van der Waals surface area contributed by atoms with E-state index in [0.29, 0.717) is 11.1 Å². The molecule has 1 aromatic heterocycles. The molecule has 0 saturated carbocycles. The Morgan fingerprint density at radius 1 is 1.02 bits per heavy atom. The summed E-state index contributed by atoms with van der Waals surface area (Å²) in [5, 5.41) is 10.4. The Hall–Kier alpha value is -4.26. The molecule has 1 aliphatic carbocycles. The molecule has 0 bridgehead atoms. The molecule has 2 aromatic rings. The van der Waals surface area contributed by atoms with Crippen molar-refractivity contribution in [1.82, 2.24) is 20.6 Å². The number of fused-ring (bicyclic) bond motifs is 1. The van der Waals surface area contributed by atoms with Gasteiger partial charge in [-0.15, -0.1) is 0 Å². The molecule has 9 nitrogen and oxygen atoms in total. The van der Waals surface area contributed by atoms with Crippen molar-refractivity contribution < 1.29 is 40.7 Å². The lowest BCUT2D eigenvalue weighted by Crippen LogP contribution is -2.51. The van der Waals surface area contributed by atoms with Crippen LogP contribution < -0.4 is 10.6 Å². The monoisotopic (exact) mass is 821 g/mol. The molecule has 4 rings (SSSR count). The van der Waals surface area contributed by atoms with E-state index in [0.717, 1.165) is 18.2 Å². The summed E-state index contributed by atoms with van der Waals surface area (Å²) >= 11 is 6.71. The third-order valence-corrected chi connectivity index (χ3v) is 14.9. The summed E-state index contributed by atoms with van der Waals surface area (Å²) in [5.74, 6) is 2.06. The Labute approximate surface area is 331 Å². The molecular formula is C40H49ClF5N5O4Si. The highest BCUT2D eigenvalue weighted by Gasteiger charge is 2.55. The van der Waals surface area contributed by atoms with Crippen molar-refractivity contribution in [3.05, 3.63) is 81.7 Å². The fourth-order valence-electron chi connectivity index (χ4n) is 6.29. The highest BCUT2D eigenvalue weighted by atomic mass is 35.5. The normalized spacial score (nSPS) is 19.5. The van der Waals surface area contributed by atoms with Crippen molar-refractivity contribution in [3.63, 3.8) is 0 Å². The summed E-state index contributed by atoms with van der Waals surface area (Å²) in [6.45, 7) is 20.8. The van der Waals surface area contributed by atoms with Gasteiger partial charge in [-0.25, -0.2) is 18.6 Å². The predicted molar refractivity (Wildman–Crippen MR) is 209 cm³/mol. The van der Waals surface area contributed by atoms with E-state index >= 15 is 0 Å². The summed E-state index contributed by atoms with van der Waals surface area (Å²) in [7, 11) is -0.745. The first kappa shape index (κ1) is 44.5. The van der Waals surface area contributed by atoms with E-state index in [4.69, 9.17) is 25.7 Å². The van der Waals surface area contributed by atoms with Crippen molar-refractivity contribution in [1.29, 1.82) is 0 Å². The Morgan fingerprint density at radius 2 is 1.62 bits per heavy atom. The number of hydrogen-bond acceptors (Lipinski definition) is 7. The Kier molecular flexibility index (Phi) is 12.4. The summed E-state index contributed by atoms with van der Waals surface area (Å²) in [6, 6.07) is 4.30. The number of carbonyl (C=O) groups excluding carboxylic acids is 2. The molecule has 0 radical (unpaired) electrons. The molecular weight excluding hydrogens is 773 g/mol. The van der Waals surface area contributed by atoms with Gasteiger partial charge in [-0.1, -0.05) is 44.4 Å². The second-order valence-electron chi connectivity index (χ2n) is 17.1. The molecule has 16 heteroatoms. The third kappa shape index (κ3) is 10.2. The van der Waals surface area contributed by atoms with Crippen LogP contribution in [0.3, 0.4) is 0 Å². The van der Waals surface area contributed by atoms with Crippen molar-refractivity contribution in [2.75, 3.05) is 7.05 Å². The molecule has 3 atom stereocenters. The maximum atomic E-state index is 14.5. The molecule has 2 N–H and O–H groups in total. The number of alkyl carbamates (subject to hydrolysis) is 1. The van der Waals surface area contributed by atoms with E-state index in [9.17, 15) is 31.5 Å². The number of rotatable bonds is 7.